The van der Waals surface area contributed by atoms with Gasteiger partial charge in [0, 0.05) is 44.3 Å². The molecule has 0 bridgehead atoms. The summed E-state index contributed by atoms with van der Waals surface area (Å²) in [5, 5.41) is 4.57. The van der Waals surface area contributed by atoms with E-state index in [1.54, 1.807) is 0 Å². The molecule has 3 heterocycles. The Kier molecular flexibility index (Phi) is 7.33. The predicted molar refractivity (Wildman–Crippen MR) is 122 cm³/mol. The van der Waals surface area contributed by atoms with Gasteiger partial charge in [-0.25, -0.2) is 0 Å². The van der Waals surface area contributed by atoms with Gasteiger partial charge in [0.25, 0.3) is 0 Å². The summed E-state index contributed by atoms with van der Waals surface area (Å²) in [6.45, 7) is 9.15. The molecule has 3 fully saturated rings. The van der Waals surface area contributed by atoms with E-state index in [9.17, 15) is 0 Å². The van der Waals surface area contributed by atoms with E-state index in [1.165, 1.54) is 50.8 Å². The van der Waals surface area contributed by atoms with Crippen LogP contribution in [0.4, 0.5) is 0 Å². The lowest BCUT2D eigenvalue weighted by Crippen LogP contribution is -2.45. The van der Waals surface area contributed by atoms with Gasteiger partial charge in [0.05, 0.1) is 0 Å². The third-order valence-corrected chi connectivity index (χ3v) is 7.31. The van der Waals surface area contributed by atoms with E-state index in [0.717, 1.165) is 62.2 Å². The van der Waals surface area contributed by atoms with Gasteiger partial charge in [-0.05, 0) is 75.8 Å². The van der Waals surface area contributed by atoms with Crippen LogP contribution in [-0.2, 0) is 6.54 Å². The summed E-state index contributed by atoms with van der Waals surface area (Å²) in [4.78, 5) is 12.3. The van der Waals surface area contributed by atoms with E-state index in [2.05, 4.69) is 37.1 Å². The van der Waals surface area contributed by atoms with Crippen molar-refractivity contribution < 1.29 is 0 Å². The van der Waals surface area contributed by atoms with Crippen molar-refractivity contribution in [3.63, 3.8) is 0 Å². The fraction of sp³-hybridized carbons (Fsp3) is 0.696. The molecule has 0 aliphatic carbocycles. The quantitative estimate of drug-likeness (QED) is 0.588. The van der Waals surface area contributed by atoms with Crippen molar-refractivity contribution in [1.82, 2.24) is 20.0 Å². The Morgan fingerprint density at radius 1 is 1.07 bits per heavy atom. The van der Waals surface area contributed by atoms with Gasteiger partial charge in [0.15, 0.2) is 5.96 Å². The lowest BCUT2D eigenvalue weighted by atomic mass is 9.96. The monoisotopic (exact) mass is 417 g/mol. The summed E-state index contributed by atoms with van der Waals surface area (Å²) in [7, 11) is 1.93. The van der Waals surface area contributed by atoms with Gasteiger partial charge < -0.3 is 10.2 Å². The number of hydrogen-bond acceptors (Lipinski definition) is 3. The second-order valence-electron chi connectivity index (χ2n) is 8.87. The van der Waals surface area contributed by atoms with Crippen LogP contribution in [0, 0.1) is 5.92 Å². The lowest BCUT2D eigenvalue weighted by Gasteiger charge is -2.33. The summed E-state index contributed by atoms with van der Waals surface area (Å²) < 4.78 is 0. The van der Waals surface area contributed by atoms with E-state index < -0.39 is 0 Å². The number of aliphatic imine (C=N–C) groups is 1. The molecule has 160 valence electrons. The maximum Gasteiger partial charge on any atom is 0.193 e. The van der Waals surface area contributed by atoms with Gasteiger partial charge in [-0.1, -0.05) is 29.8 Å². The first kappa shape index (κ1) is 21.0. The Balaban J connectivity index is 1.19. The first-order valence-corrected chi connectivity index (χ1v) is 11.8. The molecule has 1 unspecified atom stereocenters. The molecule has 0 amide bonds. The van der Waals surface area contributed by atoms with Crippen LogP contribution >= 0.6 is 11.6 Å². The first-order valence-electron chi connectivity index (χ1n) is 11.4. The van der Waals surface area contributed by atoms with E-state index >= 15 is 0 Å². The van der Waals surface area contributed by atoms with Crippen LogP contribution in [0.5, 0.6) is 0 Å². The van der Waals surface area contributed by atoms with Crippen molar-refractivity contribution >= 4 is 17.6 Å². The number of rotatable bonds is 5. The molecule has 0 aromatic heterocycles. The number of benzene rings is 1. The van der Waals surface area contributed by atoms with E-state index in [-0.39, 0.29) is 0 Å². The molecule has 6 heteroatoms. The van der Waals surface area contributed by atoms with Gasteiger partial charge in [-0.2, -0.15) is 0 Å². The van der Waals surface area contributed by atoms with Gasteiger partial charge >= 0.3 is 0 Å². The number of hydrogen-bond donors (Lipinski definition) is 1. The van der Waals surface area contributed by atoms with Crippen molar-refractivity contribution in [2.75, 3.05) is 52.9 Å². The van der Waals surface area contributed by atoms with Crippen LogP contribution in [-0.4, -0.2) is 79.6 Å². The van der Waals surface area contributed by atoms with Crippen LogP contribution in [0.15, 0.2) is 29.3 Å². The summed E-state index contributed by atoms with van der Waals surface area (Å²) in [6.07, 6.45) is 6.51. The van der Waals surface area contributed by atoms with Crippen LogP contribution in [0.25, 0.3) is 0 Å². The van der Waals surface area contributed by atoms with E-state index in [1.807, 2.05) is 19.2 Å². The van der Waals surface area contributed by atoms with Crippen molar-refractivity contribution in [1.29, 1.82) is 0 Å². The maximum absolute atomic E-state index is 6.33. The molecule has 1 N–H and O–H groups in total. The van der Waals surface area contributed by atoms with Gasteiger partial charge in [0.2, 0.25) is 0 Å². The van der Waals surface area contributed by atoms with Crippen molar-refractivity contribution in [2.45, 2.75) is 44.7 Å². The molecule has 3 aliphatic rings. The molecule has 1 atom stereocenters. The molecule has 3 aliphatic heterocycles. The fourth-order valence-corrected chi connectivity index (χ4v) is 5.32. The number of nitrogens with zero attached hydrogens (tertiary/aromatic N) is 4. The minimum atomic E-state index is 0.726. The summed E-state index contributed by atoms with van der Waals surface area (Å²) >= 11 is 6.33. The fourth-order valence-electron chi connectivity index (χ4n) is 5.12. The molecule has 0 saturated carbocycles. The zero-order valence-electron chi connectivity index (χ0n) is 17.8. The Bertz CT molecular complexity index is 680. The Labute approximate surface area is 181 Å². The largest absolute Gasteiger partial charge is 0.356 e. The molecule has 1 aromatic rings. The highest BCUT2D eigenvalue weighted by atomic mass is 35.5. The number of guanidine groups is 1. The number of likely N-dealkylation sites (tertiary alicyclic amines) is 3. The molecule has 1 aromatic carbocycles. The van der Waals surface area contributed by atoms with Crippen LogP contribution < -0.4 is 5.32 Å². The zero-order chi connectivity index (χ0) is 20.1. The SMILES string of the molecule is CN=C(NCC1CCN(Cc2ccccc2Cl)CC1)N1CCC(N2CCCC2)C1. The highest BCUT2D eigenvalue weighted by Gasteiger charge is 2.31. The average molecular weight is 418 g/mol. The van der Waals surface area contributed by atoms with Gasteiger partial charge in [-0.3, -0.25) is 14.8 Å². The molecule has 0 radical (unpaired) electrons. The number of piperidine rings is 1. The van der Waals surface area contributed by atoms with Crippen LogP contribution in [0.3, 0.4) is 0 Å². The van der Waals surface area contributed by atoms with Crippen molar-refractivity contribution in [3.8, 4) is 0 Å². The van der Waals surface area contributed by atoms with E-state index in [0.29, 0.717) is 0 Å². The highest BCUT2D eigenvalue weighted by molar-refractivity contribution is 6.31. The Morgan fingerprint density at radius 2 is 1.83 bits per heavy atom. The summed E-state index contributed by atoms with van der Waals surface area (Å²) in [5.74, 6) is 1.83. The average Bonchev–Trinajstić information content (AvgIpc) is 3.43. The molecular formula is C23H36ClN5. The number of halogens is 1. The maximum atomic E-state index is 6.33. The third kappa shape index (κ3) is 5.44. The highest BCUT2D eigenvalue weighted by Crippen LogP contribution is 2.23. The topological polar surface area (TPSA) is 34.1 Å². The van der Waals surface area contributed by atoms with E-state index in [4.69, 9.17) is 11.6 Å². The Morgan fingerprint density at radius 3 is 2.55 bits per heavy atom. The molecule has 3 saturated heterocycles. The van der Waals surface area contributed by atoms with Crippen molar-refractivity contribution in [2.24, 2.45) is 10.9 Å². The zero-order valence-corrected chi connectivity index (χ0v) is 18.6. The van der Waals surface area contributed by atoms with Crippen molar-refractivity contribution in [3.05, 3.63) is 34.9 Å². The standard InChI is InChI=1S/C23H36ClN5/c1-25-23(29-15-10-21(18-29)28-11-4-5-12-28)26-16-19-8-13-27(14-9-19)17-20-6-2-3-7-22(20)24/h2-3,6-7,19,21H,4-5,8-18H2,1H3,(H,25,26). The molecule has 0 spiro atoms. The van der Waals surface area contributed by atoms with Gasteiger partial charge in [0.1, 0.15) is 0 Å². The van der Waals surface area contributed by atoms with Crippen LogP contribution in [0.2, 0.25) is 5.02 Å². The second-order valence-corrected chi connectivity index (χ2v) is 9.28. The number of nitrogens with one attached hydrogen (secondary N) is 1. The molecule has 29 heavy (non-hydrogen) atoms. The van der Waals surface area contributed by atoms with Crippen LogP contribution in [0.1, 0.15) is 37.7 Å². The smallest absolute Gasteiger partial charge is 0.193 e. The third-order valence-electron chi connectivity index (χ3n) is 6.94. The Hall–Kier alpha value is -1.30. The summed E-state index contributed by atoms with van der Waals surface area (Å²) in [5.41, 5.74) is 1.24. The minimum absolute atomic E-state index is 0.726. The molecular weight excluding hydrogens is 382 g/mol. The molecule has 5 nitrogen and oxygen atoms in total. The first-order chi connectivity index (χ1) is 14.2. The second kappa shape index (κ2) is 10.1. The lowest BCUT2D eigenvalue weighted by molar-refractivity contribution is 0.177. The summed E-state index contributed by atoms with van der Waals surface area (Å²) in [6, 6.07) is 8.95. The minimum Gasteiger partial charge on any atom is -0.356 e. The predicted octanol–water partition coefficient (Wildman–Crippen LogP) is 3.30. The molecule has 4 rings (SSSR count). The van der Waals surface area contributed by atoms with Gasteiger partial charge in [-0.15, -0.1) is 0 Å². The normalized spacial score (nSPS) is 25.1.